The molecule has 0 amide bonds. The highest BCUT2D eigenvalue weighted by Gasteiger charge is 2.31. The van der Waals surface area contributed by atoms with Crippen LogP contribution in [-0.4, -0.2) is 20.8 Å². The van der Waals surface area contributed by atoms with E-state index in [0.717, 1.165) is 17.3 Å². The molecule has 1 saturated carbocycles. The van der Waals surface area contributed by atoms with Gasteiger partial charge in [0.05, 0.1) is 18.5 Å². The van der Waals surface area contributed by atoms with Gasteiger partial charge in [-0.1, -0.05) is 22.0 Å². The number of hydrogen-bond acceptors (Lipinski definition) is 5. The Morgan fingerprint density at radius 1 is 1.03 bits per heavy atom. The fourth-order valence-electron chi connectivity index (χ4n) is 3.99. The summed E-state index contributed by atoms with van der Waals surface area (Å²) in [5.74, 6) is 0.561. The topological polar surface area (TPSA) is 87.3 Å². The fourth-order valence-corrected chi connectivity index (χ4v) is 4.25. The van der Waals surface area contributed by atoms with Crippen LogP contribution in [0.1, 0.15) is 18.9 Å². The average molecular weight is 509 g/mol. The number of aromatic nitrogens is 3. The number of anilines is 2. The van der Waals surface area contributed by atoms with Gasteiger partial charge >= 0.3 is 5.69 Å². The Hall–Kier alpha value is -3.59. The van der Waals surface area contributed by atoms with E-state index in [-0.39, 0.29) is 22.6 Å². The Labute approximate surface area is 196 Å². The van der Waals surface area contributed by atoms with Gasteiger partial charge in [-0.15, -0.1) is 0 Å². The van der Waals surface area contributed by atoms with E-state index >= 15 is 0 Å². The lowest BCUT2D eigenvalue weighted by atomic mass is 10.2. The second-order valence-electron chi connectivity index (χ2n) is 8.01. The summed E-state index contributed by atoms with van der Waals surface area (Å²) in [5, 5.41) is 3.48. The van der Waals surface area contributed by atoms with Gasteiger partial charge in [-0.05, 0) is 49.2 Å². The van der Waals surface area contributed by atoms with Crippen molar-refractivity contribution in [3.63, 3.8) is 0 Å². The van der Waals surface area contributed by atoms with E-state index < -0.39 is 11.2 Å². The first-order valence-electron chi connectivity index (χ1n) is 10.5. The minimum atomic E-state index is -0.473. The SMILES string of the molecule is COc1cccc(-n2c(=O)n(C3CC3)c(=O)c3c(Nc4ccc(Br)cc4)cc(=O)n(C)c32)c1. The van der Waals surface area contributed by atoms with E-state index in [9.17, 15) is 14.4 Å². The van der Waals surface area contributed by atoms with Crippen LogP contribution in [0.2, 0.25) is 0 Å². The number of ether oxygens (including phenoxy) is 1. The van der Waals surface area contributed by atoms with Crippen LogP contribution in [0.25, 0.3) is 16.7 Å². The van der Waals surface area contributed by atoms with Crippen molar-refractivity contribution in [2.45, 2.75) is 18.9 Å². The standard InChI is InChI=1S/C24H21BrN4O4/c1-27-20(30)13-19(26-15-8-6-14(25)7-9-15)21-22(27)28(17-4-3-5-18(12-17)33-2)24(32)29(23(21)31)16-10-11-16/h3-9,12-13,16,26H,10-11H2,1-2H3. The zero-order valence-corrected chi connectivity index (χ0v) is 19.6. The molecule has 4 aromatic rings. The van der Waals surface area contributed by atoms with Crippen LogP contribution in [0.4, 0.5) is 11.4 Å². The minimum absolute atomic E-state index is 0.149. The van der Waals surface area contributed by atoms with Gasteiger partial charge in [0.2, 0.25) is 0 Å². The molecule has 5 rings (SSSR count). The number of hydrogen-bond donors (Lipinski definition) is 1. The zero-order valence-electron chi connectivity index (χ0n) is 18.0. The number of halogens is 1. The Bertz CT molecular complexity index is 1560. The second kappa shape index (κ2) is 8.08. The first-order chi connectivity index (χ1) is 15.9. The van der Waals surface area contributed by atoms with E-state index in [2.05, 4.69) is 21.2 Å². The molecule has 1 aliphatic carbocycles. The summed E-state index contributed by atoms with van der Waals surface area (Å²) in [7, 11) is 3.10. The third kappa shape index (κ3) is 3.68. The molecule has 2 heterocycles. The van der Waals surface area contributed by atoms with Crippen molar-refractivity contribution < 1.29 is 4.74 Å². The molecule has 0 radical (unpaired) electrons. The van der Waals surface area contributed by atoms with E-state index in [1.807, 2.05) is 24.3 Å². The summed E-state index contributed by atoms with van der Waals surface area (Å²) in [5.41, 5.74) is 0.570. The Morgan fingerprint density at radius 3 is 2.42 bits per heavy atom. The van der Waals surface area contributed by atoms with Crippen LogP contribution in [0, 0.1) is 0 Å². The summed E-state index contributed by atoms with van der Waals surface area (Å²) in [6, 6.07) is 15.6. The van der Waals surface area contributed by atoms with E-state index in [4.69, 9.17) is 4.74 Å². The molecule has 8 nitrogen and oxygen atoms in total. The highest BCUT2D eigenvalue weighted by atomic mass is 79.9. The summed E-state index contributed by atoms with van der Waals surface area (Å²) in [6.07, 6.45) is 1.53. The number of benzene rings is 2. The van der Waals surface area contributed by atoms with Crippen LogP contribution in [0.5, 0.6) is 5.75 Å². The normalized spacial score (nSPS) is 13.3. The molecule has 1 N–H and O–H groups in total. The molecule has 0 aliphatic heterocycles. The molecule has 33 heavy (non-hydrogen) atoms. The van der Waals surface area contributed by atoms with Gasteiger partial charge in [-0.2, -0.15) is 0 Å². The van der Waals surface area contributed by atoms with Crippen molar-refractivity contribution in [2.75, 3.05) is 12.4 Å². The molecule has 0 bridgehead atoms. The molecule has 0 unspecified atom stereocenters. The number of nitrogens with one attached hydrogen (secondary N) is 1. The third-order valence-corrected chi connectivity index (χ3v) is 6.33. The van der Waals surface area contributed by atoms with Gasteiger partial charge < -0.3 is 10.1 Å². The predicted molar refractivity (Wildman–Crippen MR) is 131 cm³/mol. The highest BCUT2D eigenvalue weighted by molar-refractivity contribution is 9.10. The van der Waals surface area contributed by atoms with Gasteiger partial charge in [-0.25, -0.2) is 9.36 Å². The Balaban J connectivity index is 1.89. The van der Waals surface area contributed by atoms with Crippen LogP contribution in [0.3, 0.4) is 0 Å². The third-order valence-electron chi connectivity index (χ3n) is 5.80. The summed E-state index contributed by atoms with van der Waals surface area (Å²) in [4.78, 5) is 40.2. The Morgan fingerprint density at radius 2 is 1.76 bits per heavy atom. The highest BCUT2D eigenvalue weighted by Crippen LogP contribution is 2.33. The van der Waals surface area contributed by atoms with Crippen molar-refractivity contribution in [1.82, 2.24) is 13.7 Å². The fraction of sp³-hybridized carbons (Fsp3) is 0.208. The van der Waals surface area contributed by atoms with Gasteiger partial charge in [0, 0.05) is 35.4 Å². The Kier molecular flexibility index (Phi) is 5.20. The van der Waals surface area contributed by atoms with Crippen LogP contribution in [0.15, 0.2) is 73.5 Å². The van der Waals surface area contributed by atoms with E-state index in [0.29, 0.717) is 22.8 Å². The molecule has 1 fully saturated rings. The molecule has 2 aromatic carbocycles. The first-order valence-corrected chi connectivity index (χ1v) is 11.3. The molecule has 168 valence electrons. The number of pyridine rings is 1. The molecule has 0 saturated heterocycles. The minimum Gasteiger partial charge on any atom is -0.497 e. The number of nitrogens with zero attached hydrogens (tertiary/aromatic N) is 3. The maximum Gasteiger partial charge on any atom is 0.337 e. The zero-order chi connectivity index (χ0) is 23.3. The van der Waals surface area contributed by atoms with Crippen molar-refractivity contribution in [2.24, 2.45) is 7.05 Å². The number of methoxy groups -OCH3 is 1. The van der Waals surface area contributed by atoms with E-state index in [1.54, 1.807) is 38.4 Å². The van der Waals surface area contributed by atoms with Crippen LogP contribution >= 0.6 is 15.9 Å². The van der Waals surface area contributed by atoms with Gasteiger partial charge in [0.15, 0.2) is 0 Å². The monoisotopic (exact) mass is 508 g/mol. The molecule has 2 aromatic heterocycles. The summed E-state index contributed by atoms with van der Waals surface area (Å²) < 4.78 is 10.3. The average Bonchev–Trinajstić information content (AvgIpc) is 3.63. The van der Waals surface area contributed by atoms with Crippen molar-refractivity contribution >= 4 is 38.3 Å². The lowest BCUT2D eigenvalue weighted by Gasteiger charge is -2.19. The first kappa shape index (κ1) is 21.3. The van der Waals surface area contributed by atoms with Crippen molar-refractivity contribution in [1.29, 1.82) is 0 Å². The smallest absolute Gasteiger partial charge is 0.337 e. The molecule has 9 heteroatoms. The van der Waals surface area contributed by atoms with Crippen molar-refractivity contribution in [3.8, 4) is 11.4 Å². The van der Waals surface area contributed by atoms with E-state index in [1.165, 1.54) is 19.8 Å². The maximum absolute atomic E-state index is 13.6. The van der Waals surface area contributed by atoms with Gasteiger partial charge in [-0.3, -0.25) is 18.7 Å². The lowest BCUT2D eigenvalue weighted by molar-refractivity contribution is 0.414. The number of aryl methyl sites for hydroxylation is 1. The largest absolute Gasteiger partial charge is 0.497 e. The molecular weight excluding hydrogens is 488 g/mol. The summed E-state index contributed by atoms with van der Waals surface area (Å²) >= 11 is 3.41. The lowest BCUT2D eigenvalue weighted by Crippen LogP contribution is -2.41. The number of fused-ring (bicyclic) bond motifs is 1. The predicted octanol–water partition coefficient (Wildman–Crippen LogP) is 3.70. The maximum atomic E-state index is 13.6. The van der Waals surface area contributed by atoms with Crippen molar-refractivity contribution in [3.05, 3.63) is 90.3 Å². The molecule has 0 spiro atoms. The summed E-state index contributed by atoms with van der Waals surface area (Å²) in [6.45, 7) is 0. The number of rotatable bonds is 5. The second-order valence-corrected chi connectivity index (χ2v) is 8.93. The molecule has 1 aliphatic rings. The van der Waals surface area contributed by atoms with Gasteiger partial charge in [0.1, 0.15) is 16.8 Å². The van der Waals surface area contributed by atoms with Crippen LogP contribution in [-0.2, 0) is 7.05 Å². The van der Waals surface area contributed by atoms with Gasteiger partial charge in [0.25, 0.3) is 11.1 Å². The molecular formula is C24H21BrN4O4. The quantitative estimate of drug-likeness (QED) is 0.444. The molecule has 0 atom stereocenters. The van der Waals surface area contributed by atoms with Crippen LogP contribution < -0.4 is 26.9 Å².